The van der Waals surface area contributed by atoms with Crippen LogP contribution < -0.4 is 10.5 Å². The Morgan fingerprint density at radius 2 is 2.13 bits per heavy atom. The van der Waals surface area contributed by atoms with E-state index in [1.165, 1.54) is 0 Å². The normalized spacial score (nSPS) is 12.5. The topological polar surface area (TPSA) is 55.5 Å². The molecule has 15 heavy (non-hydrogen) atoms. The van der Waals surface area contributed by atoms with E-state index in [4.69, 9.17) is 15.6 Å². The summed E-state index contributed by atoms with van der Waals surface area (Å²) in [6.07, 6.45) is 1.58. The van der Waals surface area contributed by atoms with Crippen molar-refractivity contribution in [2.24, 2.45) is 5.73 Å². The van der Waals surface area contributed by atoms with Crippen molar-refractivity contribution in [1.29, 1.82) is 0 Å². The van der Waals surface area contributed by atoms with Gasteiger partial charge >= 0.3 is 0 Å². The molecule has 1 aromatic carbocycles. The lowest BCUT2D eigenvalue weighted by molar-refractivity contribution is 0.201. The number of hydrogen-bond acceptors (Lipinski definition) is 3. The number of rotatable bonds is 6. The molecule has 0 radical (unpaired) electrons. The molecule has 0 bridgehead atoms. The minimum absolute atomic E-state index is 0.0600. The summed E-state index contributed by atoms with van der Waals surface area (Å²) in [5.74, 6) is 0.837. The Morgan fingerprint density at radius 3 is 2.73 bits per heavy atom. The average molecular weight is 209 g/mol. The van der Waals surface area contributed by atoms with E-state index >= 15 is 0 Å². The van der Waals surface area contributed by atoms with Gasteiger partial charge < -0.3 is 15.6 Å². The highest BCUT2D eigenvalue weighted by Crippen LogP contribution is 2.20. The molecule has 1 rings (SSSR count). The SMILES string of the molecule is CCC(CN)Oc1ccccc1CCO. The fourth-order valence-electron chi connectivity index (χ4n) is 1.42. The number of benzene rings is 1. The van der Waals surface area contributed by atoms with E-state index in [2.05, 4.69) is 0 Å². The van der Waals surface area contributed by atoms with Gasteiger partial charge in [-0.3, -0.25) is 0 Å². The summed E-state index contributed by atoms with van der Waals surface area (Å²) in [7, 11) is 0. The Labute approximate surface area is 90.9 Å². The summed E-state index contributed by atoms with van der Waals surface area (Å²) in [5.41, 5.74) is 6.61. The molecule has 0 aliphatic heterocycles. The summed E-state index contributed by atoms with van der Waals surface area (Å²) in [6, 6.07) is 7.76. The second-order valence-electron chi connectivity index (χ2n) is 3.47. The van der Waals surface area contributed by atoms with Crippen LogP contribution in [0.1, 0.15) is 18.9 Å². The van der Waals surface area contributed by atoms with Gasteiger partial charge in [-0.2, -0.15) is 0 Å². The van der Waals surface area contributed by atoms with Crippen LogP contribution in [-0.2, 0) is 6.42 Å². The predicted molar refractivity (Wildman–Crippen MR) is 61.0 cm³/mol. The Hall–Kier alpha value is -1.06. The fourth-order valence-corrected chi connectivity index (χ4v) is 1.42. The second kappa shape index (κ2) is 6.43. The molecule has 0 fully saturated rings. The number of aliphatic hydroxyl groups excluding tert-OH is 1. The lowest BCUT2D eigenvalue weighted by Gasteiger charge is -2.17. The second-order valence-corrected chi connectivity index (χ2v) is 3.47. The largest absolute Gasteiger partial charge is 0.489 e. The van der Waals surface area contributed by atoms with Gasteiger partial charge in [-0.1, -0.05) is 25.1 Å². The first-order valence-corrected chi connectivity index (χ1v) is 5.37. The molecule has 3 nitrogen and oxygen atoms in total. The lowest BCUT2D eigenvalue weighted by Crippen LogP contribution is -2.26. The van der Waals surface area contributed by atoms with Gasteiger partial charge in [0.1, 0.15) is 11.9 Å². The molecule has 0 heterocycles. The van der Waals surface area contributed by atoms with Gasteiger partial charge in [-0.05, 0) is 24.5 Å². The molecule has 0 spiro atoms. The molecule has 0 saturated carbocycles. The highest BCUT2D eigenvalue weighted by atomic mass is 16.5. The van der Waals surface area contributed by atoms with Crippen molar-refractivity contribution in [1.82, 2.24) is 0 Å². The molecule has 0 amide bonds. The van der Waals surface area contributed by atoms with Crippen LogP contribution in [0.15, 0.2) is 24.3 Å². The first kappa shape index (κ1) is 12.0. The summed E-state index contributed by atoms with van der Waals surface area (Å²) in [5, 5.41) is 8.91. The minimum atomic E-state index is 0.0600. The van der Waals surface area contributed by atoms with Crippen LogP contribution >= 0.6 is 0 Å². The highest BCUT2D eigenvalue weighted by Gasteiger charge is 2.08. The van der Waals surface area contributed by atoms with E-state index < -0.39 is 0 Å². The van der Waals surface area contributed by atoms with Crippen molar-refractivity contribution in [3.8, 4) is 5.75 Å². The predicted octanol–water partition coefficient (Wildman–Crippen LogP) is 1.34. The molecule has 1 unspecified atom stereocenters. The summed E-state index contributed by atoms with van der Waals surface area (Å²) in [4.78, 5) is 0. The average Bonchev–Trinajstić information content (AvgIpc) is 2.28. The number of ether oxygens (including phenoxy) is 1. The minimum Gasteiger partial charge on any atom is -0.489 e. The first-order valence-electron chi connectivity index (χ1n) is 5.37. The highest BCUT2D eigenvalue weighted by molar-refractivity contribution is 5.33. The van der Waals surface area contributed by atoms with E-state index in [0.717, 1.165) is 17.7 Å². The van der Waals surface area contributed by atoms with E-state index in [1.807, 2.05) is 31.2 Å². The van der Waals surface area contributed by atoms with Crippen LogP contribution in [0, 0.1) is 0 Å². The summed E-state index contributed by atoms with van der Waals surface area (Å²) < 4.78 is 5.76. The van der Waals surface area contributed by atoms with Crippen molar-refractivity contribution in [2.45, 2.75) is 25.9 Å². The third-order valence-electron chi connectivity index (χ3n) is 2.37. The molecule has 1 aromatic rings. The molecule has 0 aliphatic carbocycles. The third kappa shape index (κ3) is 3.53. The molecular formula is C12H19NO2. The van der Waals surface area contributed by atoms with Crippen LogP contribution in [0.5, 0.6) is 5.75 Å². The van der Waals surface area contributed by atoms with Crippen molar-refractivity contribution in [3.63, 3.8) is 0 Å². The maximum atomic E-state index is 8.91. The molecule has 3 heteroatoms. The van der Waals surface area contributed by atoms with Crippen LogP contribution in [0.3, 0.4) is 0 Å². The van der Waals surface area contributed by atoms with Gasteiger partial charge in [0.05, 0.1) is 0 Å². The first-order chi connectivity index (χ1) is 7.31. The number of hydrogen-bond donors (Lipinski definition) is 2. The van der Waals surface area contributed by atoms with Gasteiger partial charge in [0.15, 0.2) is 0 Å². The third-order valence-corrected chi connectivity index (χ3v) is 2.37. The Balaban J connectivity index is 2.73. The zero-order valence-electron chi connectivity index (χ0n) is 9.15. The van der Waals surface area contributed by atoms with Gasteiger partial charge in [0, 0.05) is 13.2 Å². The zero-order chi connectivity index (χ0) is 11.1. The van der Waals surface area contributed by atoms with Crippen LogP contribution in [0.4, 0.5) is 0 Å². The van der Waals surface area contributed by atoms with Crippen LogP contribution in [0.2, 0.25) is 0 Å². The molecular weight excluding hydrogens is 190 g/mol. The number of aliphatic hydroxyl groups is 1. The monoisotopic (exact) mass is 209 g/mol. The van der Waals surface area contributed by atoms with Gasteiger partial charge in [-0.25, -0.2) is 0 Å². The van der Waals surface area contributed by atoms with Gasteiger partial charge in [-0.15, -0.1) is 0 Å². The van der Waals surface area contributed by atoms with E-state index in [1.54, 1.807) is 0 Å². The Kier molecular flexibility index (Phi) is 5.15. The van der Waals surface area contributed by atoms with Crippen molar-refractivity contribution in [3.05, 3.63) is 29.8 Å². The number of para-hydroxylation sites is 1. The van der Waals surface area contributed by atoms with Gasteiger partial charge in [0.2, 0.25) is 0 Å². The van der Waals surface area contributed by atoms with E-state index in [-0.39, 0.29) is 12.7 Å². The zero-order valence-corrected chi connectivity index (χ0v) is 9.15. The van der Waals surface area contributed by atoms with Crippen LogP contribution in [-0.4, -0.2) is 24.4 Å². The van der Waals surface area contributed by atoms with Crippen molar-refractivity contribution >= 4 is 0 Å². The summed E-state index contributed by atoms with van der Waals surface area (Å²) in [6.45, 7) is 2.70. The van der Waals surface area contributed by atoms with Crippen LogP contribution in [0.25, 0.3) is 0 Å². The molecule has 1 atom stereocenters. The Bertz CT molecular complexity index is 285. The molecule has 3 N–H and O–H groups in total. The molecule has 0 aromatic heterocycles. The Morgan fingerprint density at radius 1 is 1.40 bits per heavy atom. The molecule has 0 saturated heterocycles. The molecule has 84 valence electrons. The van der Waals surface area contributed by atoms with E-state index in [0.29, 0.717) is 13.0 Å². The molecule has 0 aliphatic rings. The quantitative estimate of drug-likeness (QED) is 0.743. The van der Waals surface area contributed by atoms with E-state index in [9.17, 15) is 0 Å². The maximum absolute atomic E-state index is 8.91. The lowest BCUT2D eigenvalue weighted by atomic mass is 10.1. The summed E-state index contributed by atoms with van der Waals surface area (Å²) >= 11 is 0. The smallest absolute Gasteiger partial charge is 0.123 e. The number of nitrogens with two attached hydrogens (primary N) is 1. The van der Waals surface area contributed by atoms with Crippen molar-refractivity contribution in [2.75, 3.05) is 13.2 Å². The van der Waals surface area contributed by atoms with Gasteiger partial charge in [0.25, 0.3) is 0 Å². The maximum Gasteiger partial charge on any atom is 0.123 e. The standard InChI is InChI=1S/C12H19NO2/c1-2-11(9-13)15-12-6-4-3-5-10(12)7-8-14/h3-6,11,14H,2,7-9,13H2,1H3. The van der Waals surface area contributed by atoms with Crippen molar-refractivity contribution < 1.29 is 9.84 Å². The fraction of sp³-hybridized carbons (Fsp3) is 0.500.